The third-order valence-corrected chi connectivity index (χ3v) is 6.84. The van der Waals surface area contributed by atoms with Gasteiger partial charge in [-0.2, -0.15) is 5.10 Å². The molecule has 0 radical (unpaired) electrons. The van der Waals surface area contributed by atoms with Gasteiger partial charge >= 0.3 is 0 Å². The zero-order valence-corrected chi connectivity index (χ0v) is 22.5. The van der Waals surface area contributed by atoms with Gasteiger partial charge in [-0.25, -0.2) is 4.68 Å². The van der Waals surface area contributed by atoms with Crippen LogP contribution in [-0.4, -0.2) is 39.6 Å². The molecule has 0 fully saturated rings. The van der Waals surface area contributed by atoms with Crippen molar-refractivity contribution in [2.75, 3.05) is 18.4 Å². The molecule has 5 rings (SSSR count). The summed E-state index contributed by atoms with van der Waals surface area (Å²) in [7, 11) is 0. The van der Waals surface area contributed by atoms with Crippen LogP contribution in [0, 0.1) is 13.8 Å². The van der Waals surface area contributed by atoms with Gasteiger partial charge in [-0.05, 0) is 60.4 Å². The van der Waals surface area contributed by atoms with Crippen LogP contribution in [0.1, 0.15) is 35.0 Å². The number of nitrogens with zero attached hydrogens (tertiary/aromatic N) is 3. The highest BCUT2D eigenvalue weighted by Gasteiger charge is 2.23. The lowest BCUT2D eigenvalue weighted by molar-refractivity contribution is -0.116. The van der Waals surface area contributed by atoms with Gasteiger partial charge in [0, 0.05) is 17.7 Å². The Morgan fingerprint density at radius 1 is 0.846 bits per heavy atom. The molecule has 0 saturated carbocycles. The highest BCUT2D eigenvalue weighted by molar-refractivity contribution is 6.02. The Hall–Kier alpha value is -4.71. The molecule has 1 N–H and O–H groups in total. The fourth-order valence-corrected chi connectivity index (χ4v) is 4.94. The summed E-state index contributed by atoms with van der Waals surface area (Å²) >= 11 is 0. The molecule has 0 unspecified atom stereocenters. The Labute approximate surface area is 228 Å². The Kier molecular flexibility index (Phi) is 7.55. The number of rotatable bonds is 8. The van der Waals surface area contributed by atoms with Crippen LogP contribution in [0.5, 0.6) is 0 Å². The first-order valence-corrected chi connectivity index (χ1v) is 13.2. The molecule has 6 nitrogen and oxygen atoms in total. The normalized spacial score (nSPS) is 10.9. The number of benzene rings is 4. The molecule has 0 atom stereocenters. The average molecular weight is 517 g/mol. The smallest absolute Gasteiger partial charge is 0.254 e. The molecule has 1 aromatic heterocycles. The Balaban J connectivity index is 1.47. The van der Waals surface area contributed by atoms with Gasteiger partial charge in [0.25, 0.3) is 5.91 Å². The van der Waals surface area contributed by atoms with Crippen LogP contribution in [0.4, 0.5) is 5.82 Å². The first kappa shape index (κ1) is 25.9. The average Bonchev–Trinajstić information content (AvgIpc) is 3.27. The van der Waals surface area contributed by atoms with Crippen LogP contribution < -0.4 is 5.32 Å². The van der Waals surface area contributed by atoms with Crippen LogP contribution in [0.3, 0.4) is 0 Å². The van der Waals surface area contributed by atoms with Gasteiger partial charge < -0.3 is 10.2 Å². The second kappa shape index (κ2) is 11.4. The molecule has 6 heteroatoms. The van der Waals surface area contributed by atoms with Crippen LogP contribution in [0.25, 0.3) is 27.6 Å². The molecule has 0 aliphatic carbocycles. The van der Waals surface area contributed by atoms with Crippen molar-refractivity contribution in [3.8, 4) is 16.8 Å². The lowest BCUT2D eigenvalue weighted by Gasteiger charge is -2.22. The number of amides is 2. The van der Waals surface area contributed by atoms with Crippen molar-refractivity contribution < 1.29 is 9.59 Å². The third-order valence-electron chi connectivity index (χ3n) is 6.84. The molecular formula is C33H32N4O2. The van der Waals surface area contributed by atoms with Crippen molar-refractivity contribution in [3.05, 3.63) is 114 Å². The van der Waals surface area contributed by atoms with Crippen molar-refractivity contribution in [2.24, 2.45) is 0 Å². The standard InChI is InChI=1S/C33H32N4O2/c1-4-20-36(33(39)28-19-18-25-13-9-10-16-27(25)21-28)22-30(38)34-32-31(26-14-6-5-7-15-26)24(3)35-37(32)29-17-11-8-12-23(29)2/h5-19,21H,4,20,22H2,1-3H3,(H,34,38). The molecule has 1 heterocycles. The Morgan fingerprint density at radius 3 is 2.28 bits per heavy atom. The maximum Gasteiger partial charge on any atom is 0.254 e. The minimum absolute atomic E-state index is 0.0638. The first-order valence-electron chi connectivity index (χ1n) is 13.2. The third kappa shape index (κ3) is 5.46. The number of para-hydroxylation sites is 1. The quantitative estimate of drug-likeness (QED) is 0.247. The molecule has 0 aliphatic rings. The van der Waals surface area contributed by atoms with Crippen molar-refractivity contribution in [3.63, 3.8) is 0 Å². The van der Waals surface area contributed by atoms with Crippen molar-refractivity contribution in [1.29, 1.82) is 0 Å². The lowest BCUT2D eigenvalue weighted by atomic mass is 10.1. The minimum atomic E-state index is -0.274. The van der Waals surface area contributed by atoms with E-state index in [9.17, 15) is 9.59 Å². The summed E-state index contributed by atoms with van der Waals surface area (Å²) < 4.78 is 1.79. The second-order valence-electron chi connectivity index (χ2n) is 9.71. The van der Waals surface area contributed by atoms with Gasteiger partial charge in [-0.1, -0.05) is 85.8 Å². The number of aryl methyl sites for hydroxylation is 2. The number of nitrogens with one attached hydrogen (secondary N) is 1. The van der Waals surface area contributed by atoms with E-state index in [2.05, 4.69) is 5.32 Å². The fraction of sp³-hybridized carbons (Fsp3) is 0.182. The molecule has 5 aromatic rings. The van der Waals surface area contributed by atoms with Gasteiger partial charge in [0.2, 0.25) is 5.91 Å². The molecule has 0 saturated heterocycles. The number of carbonyl (C=O) groups is 2. The summed E-state index contributed by atoms with van der Waals surface area (Å²) in [6.45, 7) is 6.37. The number of hydrogen-bond donors (Lipinski definition) is 1. The number of anilines is 1. The molecule has 4 aromatic carbocycles. The van der Waals surface area contributed by atoms with Gasteiger partial charge in [0.05, 0.1) is 11.4 Å². The summed E-state index contributed by atoms with van der Waals surface area (Å²) in [6, 6.07) is 31.5. The van der Waals surface area contributed by atoms with Crippen LogP contribution in [-0.2, 0) is 4.79 Å². The van der Waals surface area contributed by atoms with Crippen molar-refractivity contribution >= 4 is 28.4 Å². The SMILES string of the molecule is CCCN(CC(=O)Nc1c(-c2ccccc2)c(C)nn1-c1ccccc1C)C(=O)c1ccc2ccccc2c1. The van der Waals surface area contributed by atoms with Crippen molar-refractivity contribution in [1.82, 2.24) is 14.7 Å². The summed E-state index contributed by atoms with van der Waals surface area (Å²) in [5.74, 6) is 0.154. The van der Waals surface area contributed by atoms with E-state index in [0.717, 1.165) is 45.3 Å². The van der Waals surface area contributed by atoms with Crippen LogP contribution in [0.2, 0.25) is 0 Å². The van der Waals surface area contributed by atoms with E-state index in [0.29, 0.717) is 17.9 Å². The van der Waals surface area contributed by atoms with Crippen LogP contribution in [0.15, 0.2) is 97.1 Å². The van der Waals surface area contributed by atoms with E-state index in [-0.39, 0.29) is 18.4 Å². The Morgan fingerprint density at radius 2 is 1.54 bits per heavy atom. The van der Waals surface area contributed by atoms with E-state index in [1.165, 1.54) is 0 Å². The largest absolute Gasteiger partial charge is 0.329 e. The van der Waals surface area contributed by atoms with Gasteiger partial charge in [-0.15, -0.1) is 0 Å². The fourth-order valence-electron chi connectivity index (χ4n) is 4.94. The van der Waals surface area contributed by atoms with E-state index in [1.807, 2.05) is 118 Å². The minimum Gasteiger partial charge on any atom is -0.329 e. The number of carbonyl (C=O) groups excluding carboxylic acids is 2. The molecule has 0 aliphatic heterocycles. The summed E-state index contributed by atoms with van der Waals surface area (Å²) in [5.41, 5.74) is 5.11. The predicted molar refractivity (Wildman–Crippen MR) is 157 cm³/mol. The molecule has 196 valence electrons. The molecular weight excluding hydrogens is 484 g/mol. The molecule has 39 heavy (non-hydrogen) atoms. The van der Waals surface area contributed by atoms with E-state index in [4.69, 9.17) is 5.10 Å². The van der Waals surface area contributed by atoms with E-state index < -0.39 is 0 Å². The Bertz CT molecular complexity index is 1640. The van der Waals surface area contributed by atoms with Crippen LogP contribution >= 0.6 is 0 Å². The monoisotopic (exact) mass is 516 g/mol. The molecule has 0 spiro atoms. The predicted octanol–water partition coefficient (Wildman–Crippen LogP) is 6.80. The maximum atomic E-state index is 13.6. The zero-order valence-electron chi connectivity index (χ0n) is 22.5. The maximum absolute atomic E-state index is 13.6. The highest BCUT2D eigenvalue weighted by Crippen LogP contribution is 2.34. The topological polar surface area (TPSA) is 67.2 Å². The number of aromatic nitrogens is 2. The van der Waals surface area contributed by atoms with E-state index >= 15 is 0 Å². The lowest BCUT2D eigenvalue weighted by Crippen LogP contribution is -2.38. The first-order chi connectivity index (χ1) is 19.0. The number of fused-ring (bicyclic) bond motifs is 1. The summed E-state index contributed by atoms with van der Waals surface area (Å²) in [6.07, 6.45) is 0.738. The zero-order chi connectivity index (χ0) is 27.4. The van der Waals surface area contributed by atoms with Crippen molar-refractivity contribution in [2.45, 2.75) is 27.2 Å². The van der Waals surface area contributed by atoms with E-state index in [1.54, 1.807) is 9.58 Å². The van der Waals surface area contributed by atoms with Gasteiger partial charge in [0.15, 0.2) is 0 Å². The van der Waals surface area contributed by atoms with Gasteiger partial charge in [-0.3, -0.25) is 9.59 Å². The second-order valence-corrected chi connectivity index (χ2v) is 9.71. The summed E-state index contributed by atoms with van der Waals surface area (Å²) in [4.78, 5) is 28.7. The number of hydrogen-bond acceptors (Lipinski definition) is 3. The summed E-state index contributed by atoms with van der Waals surface area (Å²) in [5, 5.41) is 10.0. The highest BCUT2D eigenvalue weighted by atomic mass is 16.2. The van der Waals surface area contributed by atoms with Gasteiger partial charge in [0.1, 0.15) is 12.4 Å². The molecule has 2 amide bonds. The molecule has 0 bridgehead atoms.